The molecular weight excluding hydrogens is 458 g/mol. The average molecular weight is 486 g/mol. The summed E-state index contributed by atoms with van der Waals surface area (Å²) in [6.07, 6.45) is 0.454. The zero-order chi connectivity index (χ0) is 25.3. The van der Waals surface area contributed by atoms with Gasteiger partial charge in [0.25, 0.3) is 5.89 Å². The number of urea groups is 1. The number of aryl methyl sites for hydroxylation is 2. The molecule has 36 heavy (non-hydrogen) atoms. The summed E-state index contributed by atoms with van der Waals surface area (Å²) in [5.41, 5.74) is 3.03. The zero-order valence-electron chi connectivity index (χ0n) is 19.7. The number of nitrogens with zero attached hydrogens (tertiary/aromatic N) is 2. The van der Waals surface area contributed by atoms with E-state index < -0.39 is 23.9 Å². The second-order valence-corrected chi connectivity index (χ2v) is 8.40. The summed E-state index contributed by atoms with van der Waals surface area (Å²) < 4.78 is 5.62. The fraction of sp³-hybridized carbons (Fsp3) is 0.214. The van der Waals surface area contributed by atoms with Crippen LogP contribution < -0.4 is 5.32 Å². The number of nitrogens with one attached hydrogen (secondary N) is 1. The van der Waals surface area contributed by atoms with Gasteiger partial charge in [0.1, 0.15) is 5.52 Å². The van der Waals surface area contributed by atoms with Gasteiger partial charge in [-0.1, -0.05) is 72.8 Å². The Morgan fingerprint density at radius 1 is 0.861 bits per heavy atom. The monoisotopic (exact) mass is 485 g/mol. The van der Waals surface area contributed by atoms with Gasteiger partial charge in [-0.15, -0.1) is 0 Å². The molecule has 1 aromatic heterocycles. The van der Waals surface area contributed by atoms with Crippen LogP contribution in [0, 0.1) is 0 Å². The second kappa shape index (κ2) is 11.8. The van der Waals surface area contributed by atoms with E-state index in [-0.39, 0.29) is 18.9 Å². The SMILES string of the molecule is O=C(c1nc2ccccc2o1)[C@H](CCc1ccccc1)NC(=O)N(CCCc1ccccc1)C(=O)O. The van der Waals surface area contributed by atoms with Crippen LogP contribution in [0.1, 0.15) is 34.7 Å². The van der Waals surface area contributed by atoms with Crippen molar-refractivity contribution in [3.8, 4) is 0 Å². The van der Waals surface area contributed by atoms with Gasteiger partial charge in [-0.25, -0.2) is 19.5 Å². The van der Waals surface area contributed by atoms with E-state index in [2.05, 4.69) is 10.3 Å². The molecule has 0 saturated carbocycles. The number of hydrogen-bond acceptors (Lipinski definition) is 5. The Morgan fingerprint density at radius 3 is 2.11 bits per heavy atom. The third-order valence-electron chi connectivity index (χ3n) is 5.85. The van der Waals surface area contributed by atoms with E-state index in [4.69, 9.17) is 4.42 Å². The second-order valence-electron chi connectivity index (χ2n) is 8.40. The normalized spacial score (nSPS) is 11.7. The molecule has 184 valence electrons. The Kier molecular flexibility index (Phi) is 8.08. The number of aromatic nitrogens is 1. The predicted molar refractivity (Wildman–Crippen MR) is 135 cm³/mol. The first-order valence-corrected chi connectivity index (χ1v) is 11.8. The van der Waals surface area contributed by atoms with Crippen LogP contribution >= 0.6 is 0 Å². The maximum Gasteiger partial charge on any atom is 0.415 e. The highest BCUT2D eigenvalue weighted by atomic mass is 16.4. The van der Waals surface area contributed by atoms with Crippen LogP contribution in [0.25, 0.3) is 11.1 Å². The number of oxazole rings is 1. The van der Waals surface area contributed by atoms with Gasteiger partial charge >= 0.3 is 12.1 Å². The molecule has 0 spiro atoms. The summed E-state index contributed by atoms with van der Waals surface area (Å²) in [5, 5.41) is 12.3. The van der Waals surface area contributed by atoms with E-state index in [0.717, 1.165) is 11.1 Å². The Bertz CT molecular complexity index is 1290. The average Bonchev–Trinajstić information content (AvgIpc) is 3.34. The van der Waals surface area contributed by atoms with Crippen LogP contribution in [0.4, 0.5) is 9.59 Å². The smallest absolute Gasteiger partial charge is 0.415 e. The Labute approximate surface area is 208 Å². The van der Waals surface area contributed by atoms with Crippen molar-refractivity contribution in [3.63, 3.8) is 0 Å². The molecule has 0 radical (unpaired) electrons. The van der Waals surface area contributed by atoms with Gasteiger partial charge in [0, 0.05) is 6.54 Å². The third-order valence-corrected chi connectivity index (χ3v) is 5.85. The molecular formula is C28H27N3O5. The lowest BCUT2D eigenvalue weighted by Gasteiger charge is -2.22. The number of Topliss-reactive ketones (excluding diaryl/α,β-unsaturated/α-hetero) is 1. The minimum absolute atomic E-state index is 0.00144. The van der Waals surface area contributed by atoms with Gasteiger partial charge in [-0.3, -0.25) is 4.79 Å². The van der Waals surface area contributed by atoms with Crippen molar-refractivity contribution in [2.45, 2.75) is 31.7 Å². The summed E-state index contributed by atoms with van der Waals surface area (Å²) in [6.45, 7) is -0.00144. The maximum atomic E-state index is 13.3. The molecule has 0 bridgehead atoms. The molecule has 1 heterocycles. The van der Waals surface area contributed by atoms with E-state index in [9.17, 15) is 19.5 Å². The lowest BCUT2D eigenvalue weighted by atomic mass is 10.0. The van der Waals surface area contributed by atoms with Crippen molar-refractivity contribution in [3.05, 3.63) is 102 Å². The van der Waals surface area contributed by atoms with Gasteiger partial charge in [-0.05, 0) is 48.9 Å². The highest BCUT2D eigenvalue weighted by Crippen LogP contribution is 2.18. The standard InChI is InChI=1S/C28H27N3O5/c32-25(26-29-22-15-7-8-16-24(22)36-26)23(18-17-21-12-5-2-6-13-21)30-27(33)31(28(34)35)19-9-14-20-10-3-1-4-11-20/h1-8,10-13,15-16,23H,9,14,17-19H2,(H,30,33)(H,34,35)/t23-/m0/s1. The molecule has 0 fully saturated rings. The van der Waals surface area contributed by atoms with Crippen LogP contribution in [0.15, 0.2) is 89.3 Å². The topological polar surface area (TPSA) is 113 Å². The molecule has 3 aromatic carbocycles. The van der Waals surface area contributed by atoms with Crippen molar-refractivity contribution in [2.24, 2.45) is 0 Å². The molecule has 0 aliphatic carbocycles. The molecule has 0 aliphatic rings. The maximum absolute atomic E-state index is 13.3. The molecule has 8 nitrogen and oxygen atoms in total. The number of carbonyl (C=O) groups is 3. The van der Waals surface area contributed by atoms with Crippen molar-refractivity contribution in [1.82, 2.24) is 15.2 Å². The molecule has 1 atom stereocenters. The number of carbonyl (C=O) groups excluding carboxylic acids is 2. The molecule has 4 aromatic rings. The van der Waals surface area contributed by atoms with E-state index in [1.54, 1.807) is 24.3 Å². The van der Waals surface area contributed by atoms with Gasteiger partial charge in [0.2, 0.25) is 5.78 Å². The van der Waals surface area contributed by atoms with Crippen molar-refractivity contribution in [1.29, 1.82) is 0 Å². The van der Waals surface area contributed by atoms with Crippen molar-refractivity contribution < 1.29 is 23.9 Å². The Balaban J connectivity index is 1.48. The molecule has 0 aliphatic heterocycles. The molecule has 4 rings (SSSR count). The molecule has 0 saturated heterocycles. The number of fused-ring (bicyclic) bond motifs is 1. The summed E-state index contributed by atoms with van der Waals surface area (Å²) >= 11 is 0. The quantitative estimate of drug-likeness (QED) is 0.294. The molecule has 2 N–H and O–H groups in total. The lowest BCUT2D eigenvalue weighted by molar-refractivity contribution is 0.0899. The number of amides is 3. The minimum Gasteiger partial charge on any atom is -0.465 e. The predicted octanol–water partition coefficient (Wildman–Crippen LogP) is 5.33. The number of para-hydroxylation sites is 2. The summed E-state index contributed by atoms with van der Waals surface area (Å²) in [7, 11) is 0. The first-order valence-electron chi connectivity index (χ1n) is 11.8. The van der Waals surface area contributed by atoms with Crippen LogP contribution in [-0.4, -0.2) is 45.5 Å². The largest absolute Gasteiger partial charge is 0.465 e. The van der Waals surface area contributed by atoms with Gasteiger partial charge in [0.15, 0.2) is 5.58 Å². The van der Waals surface area contributed by atoms with E-state index in [1.165, 1.54) is 0 Å². The highest BCUT2D eigenvalue weighted by Gasteiger charge is 2.30. The summed E-state index contributed by atoms with van der Waals surface area (Å²) in [4.78, 5) is 43.1. The molecule has 8 heteroatoms. The molecule has 3 amide bonds. The molecule has 0 unspecified atom stereocenters. The fourth-order valence-electron chi connectivity index (χ4n) is 3.95. The number of benzene rings is 3. The van der Waals surface area contributed by atoms with E-state index >= 15 is 0 Å². The summed E-state index contributed by atoms with van der Waals surface area (Å²) in [6, 6.07) is 24.3. The first kappa shape index (κ1) is 24.7. The number of carboxylic acid groups (broad SMARTS) is 1. The third kappa shape index (κ3) is 6.35. The summed E-state index contributed by atoms with van der Waals surface area (Å²) in [5.74, 6) is -0.634. The van der Waals surface area contributed by atoms with Gasteiger partial charge < -0.3 is 14.8 Å². The number of ketones is 1. The number of hydrogen-bond donors (Lipinski definition) is 2. The van der Waals surface area contributed by atoms with Crippen LogP contribution in [0.5, 0.6) is 0 Å². The van der Waals surface area contributed by atoms with Crippen LogP contribution in [-0.2, 0) is 12.8 Å². The Morgan fingerprint density at radius 2 is 1.47 bits per heavy atom. The number of rotatable bonds is 10. The van der Waals surface area contributed by atoms with Crippen LogP contribution in [0.2, 0.25) is 0 Å². The fourth-order valence-corrected chi connectivity index (χ4v) is 3.95. The van der Waals surface area contributed by atoms with Crippen molar-refractivity contribution >= 4 is 29.0 Å². The van der Waals surface area contributed by atoms with Gasteiger partial charge in [-0.2, -0.15) is 0 Å². The van der Waals surface area contributed by atoms with Crippen molar-refractivity contribution in [2.75, 3.05) is 6.54 Å². The van der Waals surface area contributed by atoms with Gasteiger partial charge in [0.05, 0.1) is 6.04 Å². The zero-order valence-corrected chi connectivity index (χ0v) is 19.7. The van der Waals surface area contributed by atoms with E-state index in [0.29, 0.717) is 35.3 Å². The number of imide groups is 1. The lowest BCUT2D eigenvalue weighted by Crippen LogP contribution is -2.50. The Hall–Kier alpha value is -4.46. The highest BCUT2D eigenvalue weighted by molar-refractivity contribution is 6.01. The minimum atomic E-state index is -1.38. The van der Waals surface area contributed by atoms with E-state index in [1.807, 2.05) is 60.7 Å². The van der Waals surface area contributed by atoms with Crippen LogP contribution in [0.3, 0.4) is 0 Å². The first-order chi connectivity index (χ1) is 17.5.